The largest absolute Gasteiger partial charge is 0.501 e. The Morgan fingerprint density at radius 3 is 2.20 bits per heavy atom. The van der Waals surface area contributed by atoms with Gasteiger partial charge in [0.1, 0.15) is 0 Å². The van der Waals surface area contributed by atoms with Gasteiger partial charge in [0.15, 0.2) is 5.75 Å². The Balaban J connectivity index is 2.32. The van der Waals surface area contributed by atoms with E-state index in [2.05, 4.69) is 19.1 Å². The lowest BCUT2D eigenvalue weighted by molar-refractivity contribution is 0.475. The number of hydrogen-bond donors (Lipinski definition) is 1. The van der Waals surface area contributed by atoms with Gasteiger partial charge in [0, 0.05) is 30.2 Å². The van der Waals surface area contributed by atoms with Crippen LogP contribution in [0.15, 0.2) is 54.6 Å². The molecule has 74 valence electrons. The second kappa shape index (κ2) is 4.09. The van der Waals surface area contributed by atoms with E-state index in [4.69, 9.17) is 0 Å². The van der Waals surface area contributed by atoms with Crippen LogP contribution in [-0.4, -0.2) is 5.11 Å². The van der Waals surface area contributed by atoms with E-state index in [1.54, 1.807) is 12.1 Å². The Kier molecular flexibility index (Phi) is 2.64. The molecular weight excluding hydrogens is 184 g/mol. The van der Waals surface area contributed by atoms with Crippen molar-refractivity contribution < 1.29 is 5.11 Å². The highest BCUT2D eigenvalue weighted by Crippen LogP contribution is 2.24. The van der Waals surface area contributed by atoms with Crippen LogP contribution >= 0.6 is 0 Å². The Labute approximate surface area is 90.0 Å². The van der Waals surface area contributed by atoms with Gasteiger partial charge in [0.05, 0.1) is 11.1 Å². The van der Waals surface area contributed by atoms with Crippen molar-refractivity contribution in [2.45, 2.75) is 6.92 Å². The summed E-state index contributed by atoms with van der Waals surface area (Å²) < 4.78 is 0. The SMILES string of the molecule is C[C+](c1ccccc1)c1cccc(O)c1. The van der Waals surface area contributed by atoms with Gasteiger partial charge in [-0.15, -0.1) is 0 Å². The summed E-state index contributed by atoms with van der Waals surface area (Å²) in [4.78, 5) is 0. The number of rotatable bonds is 2. The fourth-order valence-corrected chi connectivity index (χ4v) is 1.59. The summed E-state index contributed by atoms with van der Waals surface area (Å²) in [5, 5.41) is 9.40. The Morgan fingerprint density at radius 1 is 0.867 bits per heavy atom. The molecule has 1 heteroatoms. The maximum absolute atomic E-state index is 9.40. The summed E-state index contributed by atoms with van der Waals surface area (Å²) in [5.74, 6) is 1.48. The zero-order valence-corrected chi connectivity index (χ0v) is 8.64. The zero-order chi connectivity index (χ0) is 10.7. The third-order valence-corrected chi connectivity index (χ3v) is 2.49. The summed E-state index contributed by atoms with van der Waals surface area (Å²) in [6.07, 6.45) is 0. The molecule has 2 aromatic rings. The van der Waals surface area contributed by atoms with E-state index in [1.807, 2.05) is 30.3 Å². The van der Waals surface area contributed by atoms with Crippen molar-refractivity contribution in [3.05, 3.63) is 71.6 Å². The Hall–Kier alpha value is -1.89. The van der Waals surface area contributed by atoms with Crippen LogP contribution in [0.1, 0.15) is 18.1 Å². The van der Waals surface area contributed by atoms with E-state index >= 15 is 0 Å². The zero-order valence-electron chi connectivity index (χ0n) is 8.64. The van der Waals surface area contributed by atoms with Crippen LogP contribution in [0.4, 0.5) is 0 Å². The van der Waals surface area contributed by atoms with E-state index in [0.29, 0.717) is 5.75 Å². The van der Waals surface area contributed by atoms with Crippen LogP contribution in [0, 0.1) is 5.92 Å². The average molecular weight is 197 g/mol. The third kappa shape index (κ3) is 2.13. The topological polar surface area (TPSA) is 20.2 Å². The van der Waals surface area contributed by atoms with Crippen molar-refractivity contribution in [1.82, 2.24) is 0 Å². The van der Waals surface area contributed by atoms with Crippen LogP contribution in [0.25, 0.3) is 0 Å². The molecule has 15 heavy (non-hydrogen) atoms. The number of phenols is 1. The van der Waals surface area contributed by atoms with Crippen molar-refractivity contribution in [1.29, 1.82) is 0 Å². The highest BCUT2D eigenvalue weighted by atomic mass is 16.3. The first-order chi connectivity index (χ1) is 7.27. The molecule has 0 saturated carbocycles. The maximum atomic E-state index is 9.40. The molecule has 0 unspecified atom stereocenters. The van der Waals surface area contributed by atoms with Gasteiger partial charge >= 0.3 is 0 Å². The fraction of sp³-hybridized carbons (Fsp3) is 0.0714. The summed E-state index contributed by atoms with van der Waals surface area (Å²) in [6, 6.07) is 17.5. The lowest BCUT2D eigenvalue weighted by Crippen LogP contribution is -1.95. The molecule has 0 heterocycles. The van der Waals surface area contributed by atoms with Crippen LogP contribution in [0.5, 0.6) is 5.75 Å². The van der Waals surface area contributed by atoms with Crippen molar-refractivity contribution in [2.75, 3.05) is 0 Å². The molecule has 0 aliphatic heterocycles. The van der Waals surface area contributed by atoms with Crippen LogP contribution in [0.3, 0.4) is 0 Å². The van der Waals surface area contributed by atoms with Gasteiger partial charge in [-0.25, -0.2) is 0 Å². The van der Waals surface area contributed by atoms with Gasteiger partial charge in [-0.3, -0.25) is 0 Å². The molecular formula is C14H13O+. The lowest BCUT2D eigenvalue weighted by Gasteiger charge is -2.05. The third-order valence-electron chi connectivity index (χ3n) is 2.49. The smallest absolute Gasteiger partial charge is 0.151 e. The number of hydrogen-bond acceptors (Lipinski definition) is 1. The standard InChI is InChI=1S/C14H12O/c1-11(12-6-3-2-4-7-12)13-8-5-9-14(15)10-13/h2-10H,1H3/p+1. The molecule has 0 aromatic heterocycles. The minimum Gasteiger partial charge on any atom is -0.501 e. The molecule has 1 N–H and O–H groups in total. The molecule has 0 saturated heterocycles. The minimum atomic E-state index is 0.308. The molecule has 2 rings (SSSR count). The van der Waals surface area contributed by atoms with E-state index in [0.717, 1.165) is 5.56 Å². The molecule has 0 fully saturated rings. The summed E-state index contributed by atoms with van der Waals surface area (Å²) in [6.45, 7) is 2.06. The summed E-state index contributed by atoms with van der Waals surface area (Å²) >= 11 is 0. The maximum Gasteiger partial charge on any atom is 0.151 e. The monoisotopic (exact) mass is 197 g/mol. The number of phenolic OH excluding ortho intramolecular Hbond substituents is 1. The number of aromatic hydroxyl groups is 1. The van der Waals surface area contributed by atoms with Gasteiger partial charge in [-0.05, 0) is 37.3 Å². The molecule has 0 bridgehead atoms. The van der Waals surface area contributed by atoms with E-state index in [-0.39, 0.29) is 0 Å². The second-order valence-corrected chi connectivity index (χ2v) is 3.54. The van der Waals surface area contributed by atoms with Crippen LogP contribution < -0.4 is 0 Å². The van der Waals surface area contributed by atoms with E-state index < -0.39 is 0 Å². The predicted octanol–water partition coefficient (Wildman–Crippen LogP) is 3.38. The summed E-state index contributed by atoms with van der Waals surface area (Å²) in [5.41, 5.74) is 2.24. The quantitative estimate of drug-likeness (QED) is 0.732. The first-order valence-electron chi connectivity index (χ1n) is 4.96. The Morgan fingerprint density at radius 2 is 1.53 bits per heavy atom. The first kappa shape index (κ1) is 9.66. The van der Waals surface area contributed by atoms with Gasteiger partial charge in [-0.2, -0.15) is 0 Å². The molecule has 0 aliphatic carbocycles. The minimum absolute atomic E-state index is 0.308. The highest BCUT2D eigenvalue weighted by molar-refractivity contribution is 5.46. The van der Waals surface area contributed by atoms with Gasteiger partial charge in [-0.1, -0.05) is 0 Å². The lowest BCUT2D eigenvalue weighted by atomic mass is 9.93. The van der Waals surface area contributed by atoms with E-state index in [1.165, 1.54) is 11.5 Å². The van der Waals surface area contributed by atoms with Crippen LogP contribution in [0.2, 0.25) is 0 Å². The molecule has 2 aromatic carbocycles. The molecule has 0 radical (unpaired) electrons. The molecule has 0 amide bonds. The number of benzene rings is 2. The normalized spacial score (nSPS) is 9.93. The van der Waals surface area contributed by atoms with Crippen LogP contribution in [-0.2, 0) is 0 Å². The molecule has 0 atom stereocenters. The molecule has 0 spiro atoms. The molecule has 0 aliphatic rings. The highest BCUT2D eigenvalue weighted by Gasteiger charge is 2.14. The van der Waals surface area contributed by atoms with Gasteiger partial charge in [0.25, 0.3) is 0 Å². The molecule has 1 nitrogen and oxygen atoms in total. The fourth-order valence-electron chi connectivity index (χ4n) is 1.59. The predicted molar refractivity (Wildman–Crippen MR) is 61.7 cm³/mol. The summed E-state index contributed by atoms with van der Waals surface area (Å²) in [7, 11) is 0. The van der Waals surface area contributed by atoms with Crippen molar-refractivity contribution in [3.8, 4) is 5.75 Å². The Bertz CT molecular complexity index is 434. The van der Waals surface area contributed by atoms with Crippen molar-refractivity contribution >= 4 is 0 Å². The average Bonchev–Trinajstić information content (AvgIpc) is 2.29. The van der Waals surface area contributed by atoms with Crippen molar-refractivity contribution in [3.63, 3.8) is 0 Å². The second-order valence-electron chi connectivity index (χ2n) is 3.54. The first-order valence-corrected chi connectivity index (χ1v) is 4.96. The van der Waals surface area contributed by atoms with Gasteiger partial charge < -0.3 is 5.11 Å². The van der Waals surface area contributed by atoms with Crippen molar-refractivity contribution in [2.24, 2.45) is 0 Å². The van der Waals surface area contributed by atoms with E-state index in [9.17, 15) is 5.11 Å². The van der Waals surface area contributed by atoms with Gasteiger partial charge in [0.2, 0.25) is 0 Å².